The highest BCUT2D eigenvalue weighted by molar-refractivity contribution is 5.23. The molecule has 0 amide bonds. The third-order valence-electron chi connectivity index (χ3n) is 2.97. The van der Waals surface area contributed by atoms with Gasteiger partial charge in [0.25, 0.3) is 0 Å². The summed E-state index contributed by atoms with van der Waals surface area (Å²) < 4.78 is 39.3. The van der Waals surface area contributed by atoms with Gasteiger partial charge in [0.2, 0.25) is 0 Å². The Kier molecular flexibility index (Phi) is 4.22. The molecule has 0 radical (unpaired) electrons. The van der Waals surface area contributed by atoms with Crippen molar-refractivity contribution in [3.8, 4) is 0 Å². The van der Waals surface area contributed by atoms with Crippen LogP contribution in [0.1, 0.15) is 23.7 Å². The largest absolute Gasteiger partial charge is 0.388 e. The van der Waals surface area contributed by atoms with E-state index >= 15 is 0 Å². The molecule has 1 atom stereocenters. The van der Waals surface area contributed by atoms with Gasteiger partial charge in [0.1, 0.15) is 0 Å². The van der Waals surface area contributed by atoms with E-state index in [4.69, 9.17) is 0 Å². The Labute approximate surface area is 109 Å². The summed E-state index contributed by atoms with van der Waals surface area (Å²) in [5.74, 6) is -4.12. The van der Waals surface area contributed by atoms with Gasteiger partial charge in [-0.3, -0.25) is 0 Å². The van der Waals surface area contributed by atoms with Gasteiger partial charge in [-0.1, -0.05) is 36.4 Å². The van der Waals surface area contributed by atoms with Crippen molar-refractivity contribution in [1.82, 2.24) is 0 Å². The Morgan fingerprint density at radius 1 is 0.895 bits per heavy atom. The molecule has 2 aromatic rings. The maximum absolute atomic E-state index is 13.5. The van der Waals surface area contributed by atoms with Gasteiger partial charge in [0.05, 0.1) is 6.10 Å². The van der Waals surface area contributed by atoms with E-state index in [0.717, 1.165) is 17.7 Å². The van der Waals surface area contributed by atoms with E-state index in [1.54, 1.807) is 0 Å². The van der Waals surface area contributed by atoms with Crippen LogP contribution in [0.3, 0.4) is 0 Å². The zero-order valence-electron chi connectivity index (χ0n) is 10.1. The van der Waals surface area contributed by atoms with Crippen molar-refractivity contribution in [3.05, 3.63) is 71.0 Å². The number of aryl methyl sites for hydroxylation is 1. The van der Waals surface area contributed by atoms with Crippen molar-refractivity contribution in [1.29, 1.82) is 0 Å². The molecule has 1 nitrogen and oxygen atoms in total. The SMILES string of the molecule is OC(CCc1ccccc1)c1ccc(F)c(F)c1F. The summed E-state index contributed by atoms with van der Waals surface area (Å²) in [5, 5.41) is 9.85. The fraction of sp³-hybridized carbons (Fsp3) is 0.200. The van der Waals surface area contributed by atoms with Crippen molar-refractivity contribution in [2.45, 2.75) is 18.9 Å². The average molecular weight is 266 g/mol. The predicted octanol–water partition coefficient (Wildman–Crippen LogP) is 3.77. The monoisotopic (exact) mass is 266 g/mol. The van der Waals surface area contributed by atoms with Crippen LogP contribution >= 0.6 is 0 Å². The minimum absolute atomic E-state index is 0.213. The maximum atomic E-state index is 13.5. The first kappa shape index (κ1) is 13.6. The molecule has 0 fully saturated rings. The average Bonchev–Trinajstić information content (AvgIpc) is 2.43. The highest BCUT2D eigenvalue weighted by atomic mass is 19.2. The van der Waals surface area contributed by atoms with Crippen LogP contribution in [0.5, 0.6) is 0 Å². The molecule has 0 aliphatic carbocycles. The van der Waals surface area contributed by atoms with Crippen molar-refractivity contribution in [2.24, 2.45) is 0 Å². The van der Waals surface area contributed by atoms with Crippen LogP contribution in [0.2, 0.25) is 0 Å². The van der Waals surface area contributed by atoms with E-state index < -0.39 is 23.6 Å². The topological polar surface area (TPSA) is 20.2 Å². The van der Waals surface area contributed by atoms with Gasteiger partial charge in [-0.05, 0) is 24.5 Å². The van der Waals surface area contributed by atoms with Crippen LogP contribution in [0.25, 0.3) is 0 Å². The number of hydrogen-bond donors (Lipinski definition) is 1. The second-order valence-electron chi connectivity index (χ2n) is 4.30. The van der Waals surface area contributed by atoms with Gasteiger partial charge in [-0.25, -0.2) is 13.2 Å². The summed E-state index contributed by atoms with van der Waals surface area (Å²) in [6, 6.07) is 11.3. The van der Waals surface area contributed by atoms with Crippen molar-refractivity contribution in [3.63, 3.8) is 0 Å². The summed E-state index contributed by atoms with van der Waals surface area (Å²) in [5.41, 5.74) is 0.777. The zero-order valence-corrected chi connectivity index (χ0v) is 10.1. The molecular weight excluding hydrogens is 253 g/mol. The molecule has 2 aromatic carbocycles. The summed E-state index contributed by atoms with van der Waals surface area (Å²) in [6.07, 6.45) is -0.387. The summed E-state index contributed by atoms with van der Waals surface area (Å²) in [4.78, 5) is 0. The molecule has 2 rings (SSSR count). The molecule has 4 heteroatoms. The molecule has 100 valence electrons. The normalized spacial score (nSPS) is 12.4. The fourth-order valence-electron chi connectivity index (χ4n) is 1.90. The van der Waals surface area contributed by atoms with Crippen molar-refractivity contribution in [2.75, 3.05) is 0 Å². The molecule has 0 bridgehead atoms. The Hall–Kier alpha value is -1.81. The van der Waals surface area contributed by atoms with E-state index in [2.05, 4.69) is 0 Å². The third kappa shape index (κ3) is 3.15. The van der Waals surface area contributed by atoms with Gasteiger partial charge in [-0.2, -0.15) is 0 Å². The highest BCUT2D eigenvalue weighted by Crippen LogP contribution is 2.24. The standard InChI is InChI=1S/C15H13F3O/c16-12-8-7-11(14(17)15(12)18)13(19)9-6-10-4-2-1-3-5-10/h1-5,7-8,13,19H,6,9H2. The Bertz CT molecular complexity index is 555. The predicted molar refractivity (Wildman–Crippen MR) is 66.0 cm³/mol. The number of hydrogen-bond acceptors (Lipinski definition) is 1. The van der Waals surface area contributed by atoms with Crippen LogP contribution in [0.4, 0.5) is 13.2 Å². The van der Waals surface area contributed by atoms with E-state index in [-0.39, 0.29) is 12.0 Å². The molecule has 0 spiro atoms. The summed E-state index contributed by atoms with van der Waals surface area (Å²) in [6.45, 7) is 0. The van der Waals surface area contributed by atoms with Gasteiger partial charge < -0.3 is 5.11 Å². The minimum Gasteiger partial charge on any atom is -0.388 e. The fourth-order valence-corrected chi connectivity index (χ4v) is 1.90. The van der Waals surface area contributed by atoms with Crippen LogP contribution < -0.4 is 0 Å². The number of aliphatic hydroxyl groups is 1. The van der Waals surface area contributed by atoms with Gasteiger partial charge in [-0.15, -0.1) is 0 Å². The molecule has 0 aromatic heterocycles. The van der Waals surface area contributed by atoms with Gasteiger partial charge in [0.15, 0.2) is 17.5 Å². The highest BCUT2D eigenvalue weighted by Gasteiger charge is 2.18. The summed E-state index contributed by atoms with van der Waals surface area (Å²) in [7, 11) is 0. The zero-order chi connectivity index (χ0) is 13.8. The lowest BCUT2D eigenvalue weighted by molar-refractivity contribution is 0.161. The molecule has 0 saturated carbocycles. The van der Waals surface area contributed by atoms with E-state index in [1.165, 1.54) is 0 Å². The van der Waals surface area contributed by atoms with Crippen molar-refractivity contribution < 1.29 is 18.3 Å². The lowest BCUT2D eigenvalue weighted by Gasteiger charge is -2.12. The molecule has 0 saturated heterocycles. The molecule has 1 unspecified atom stereocenters. The number of halogens is 3. The molecular formula is C15H13F3O. The lowest BCUT2D eigenvalue weighted by atomic mass is 10.0. The Balaban J connectivity index is 2.08. The third-order valence-corrected chi connectivity index (χ3v) is 2.97. The molecule has 19 heavy (non-hydrogen) atoms. The number of benzene rings is 2. The minimum atomic E-state index is -1.55. The maximum Gasteiger partial charge on any atom is 0.194 e. The van der Waals surface area contributed by atoms with E-state index in [1.807, 2.05) is 30.3 Å². The molecule has 0 aliphatic rings. The van der Waals surface area contributed by atoms with Gasteiger partial charge in [0, 0.05) is 5.56 Å². The van der Waals surface area contributed by atoms with E-state index in [9.17, 15) is 18.3 Å². The van der Waals surface area contributed by atoms with Gasteiger partial charge >= 0.3 is 0 Å². The first-order valence-corrected chi connectivity index (χ1v) is 5.95. The first-order chi connectivity index (χ1) is 9.09. The van der Waals surface area contributed by atoms with E-state index in [0.29, 0.717) is 6.42 Å². The first-order valence-electron chi connectivity index (χ1n) is 5.95. The smallest absolute Gasteiger partial charge is 0.194 e. The number of aliphatic hydroxyl groups excluding tert-OH is 1. The van der Waals surface area contributed by atoms with Crippen LogP contribution in [0, 0.1) is 17.5 Å². The molecule has 1 N–H and O–H groups in total. The van der Waals surface area contributed by atoms with Crippen LogP contribution in [-0.4, -0.2) is 5.11 Å². The van der Waals surface area contributed by atoms with Crippen LogP contribution in [-0.2, 0) is 6.42 Å². The molecule has 0 aliphatic heterocycles. The van der Waals surface area contributed by atoms with Crippen molar-refractivity contribution >= 4 is 0 Å². The molecule has 0 heterocycles. The summed E-state index contributed by atoms with van der Waals surface area (Å²) >= 11 is 0. The number of rotatable bonds is 4. The second kappa shape index (κ2) is 5.89. The second-order valence-corrected chi connectivity index (χ2v) is 4.30. The Morgan fingerprint density at radius 2 is 1.58 bits per heavy atom. The lowest BCUT2D eigenvalue weighted by Crippen LogP contribution is -2.05. The van der Waals surface area contributed by atoms with Crippen LogP contribution in [0.15, 0.2) is 42.5 Å². The Morgan fingerprint density at radius 3 is 2.26 bits per heavy atom. The quantitative estimate of drug-likeness (QED) is 0.835.